The monoisotopic (exact) mass is 327 g/mol. The Morgan fingerprint density at radius 2 is 1.60 bits per heavy atom. The topological polar surface area (TPSA) is 237 Å². The van der Waals surface area contributed by atoms with E-state index in [4.69, 9.17) is 53.8 Å². The van der Waals surface area contributed by atoms with Gasteiger partial charge in [-0.15, -0.1) is 0 Å². The van der Waals surface area contributed by atoms with Gasteiger partial charge < -0.3 is 37.6 Å². The minimum absolute atomic E-state index is 0.0737. The van der Waals surface area contributed by atoms with Gasteiger partial charge in [-0.1, -0.05) is 11.6 Å². The predicted octanol–water partition coefficient (Wildman–Crippen LogP) is -2.22. The summed E-state index contributed by atoms with van der Waals surface area (Å²) in [5, 5.41) is -0.140. The summed E-state index contributed by atoms with van der Waals surface area (Å²) in [6.45, 7) is 0. The minimum atomic E-state index is -4.64. The highest BCUT2D eigenvalue weighted by Crippen LogP contribution is 2.25. The van der Waals surface area contributed by atoms with E-state index < -0.39 is 19.7 Å². The van der Waals surface area contributed by atoms with E-state index in [0.29, 0.717) is 0 Å². The van der Waals surface area contributed by atoms with Crippen molar-refractivity contribution in [1.29, 1.82) is 0 Å². The minimum Gasteiger partial charge on any atom is -0.382 e. The summed E-state index contributed by atoms with van der Waals surface area (Å²) in [5.41, 5.74) is 20.5. The van der Waals surface area contributed by atoms with Crippen LogP contribution in [0.1, 0.15) is 10.5 Å². The van der Waals surface area contributed by atoms with E-state index in [2.05, 4.69) is 15.0 Å². The lowest BCUT2D eigenvalue weighted by Crippen LogP contribution is -2.24. The van der Waals surface area contributed by atoms with E-state index in [1.807, 2.05) is 0 Å². The van der Waals surface area contributed by atoms with Crippen LogP contribution in [0.15, 0.2) is 4.99 Å². The molecule has 0 atom stereocenters. The number of nitrogens with zero attached hydrogens (tertiary/aromatic N) is 3. The van der Waals surface area contributed by atoms with Crippen molar-refractivity contribution in [1.82, 2.24) is 9.97 Å². The molecule has 0 radical (unpaired) electrons. The number of hydrogen-bond acceptors (Lipinski definition) is 6. The number of carbonyl (C=O) groups is 1. The molecule has 0 spiro atoms. The van der Waals surface area contributed by atoms with Crippen LogP contribution in [0.25, 0.3) is 0 Å². The second kappa shape index (κ2) is 6.98. The first-order valence-corrected chi connectivity index (χ1v) is 6.37. The molecule has 20 heavy (non-hydrogen) atoms. The van der Waals surface area contributed by atoms with Gasteiger partial charge in [0.2, 0.25) is 0 Å². The standard InChI is InChI=1S/C6H8ClN7O.H3O4P/c7-2-4(9)13-3(8)1(12-2)5(15)14-6(10)11;1-5(2,3)4/h(H4,8,9,13)(H4,10,11,14,15);(H3,1,2,3,4). The second-order valence-corrected chi connectivity index (χ2v) is 4.37. The van der Waals surface area contributed by atoms with Crippen molar-refractivity contribution in [2.45, 2.75) is 0 Å². The maximum absolute atomic E-state index is 11.3. The number of guanidine groups is 1. The van der Waals surface area contributed by atoms with Crippen molar-refractivity contribution in [2.75, 3.05) is 11.5 Å². The fraction of sp³-hybridized carbons (Fsp3) is 0. The van der Waals surface area contributed by atoms with Gasteiger partial charge in [-0.2, -0.15) is 4.99 Å². The van der Waals surface area contributed by atoms with Crippen LogP contribution in [0.3, 0.4) is 0 Å². The third-order valence-electron chi connectivity index (χ3n) is 1.34. The maximum Gasteiger partial charge on any atom is 0.466 e. The maximum atomic E-state index is 11.3. The smallest absolute Gasteiger partial charge is 0.382 e. The summed E-state index contributed by atoms with van der Waals surface area (Å²) < 4.78 is 8.88. The lowest BCUT2D eigenvalue weighted by atomic mass is 10.4. The molecule has 11 N–H and O–H groups in total. The lowest BCUT2D eigenvalue weighted by molar-refractivity contribution is 0.0998. The summed E-state index contributed by atoms with van der Waals surface area (Å²) in [4.78, 5) is 43.3. The number of phosphoric acid groups is 1. The second-order valence-electron chi connectivity index (χ2n) is 2.99. The molecule has 1 heterocycles. The van der Waals surface area contributed by atoms with Crippen LogP contribution in [0, 0.1) is 0 Å². The zero-order valence-electron chi connectivity index (χ0n) is 9.63. The number of nitrogens with two attached hydrogens (primary N) is 4. The highest BCUT2D eigenvalue weighted by Gasteiger charge is 2.15. The Kier molecular flexibility index (Phi) is 6.29. The Labute approximate surface area is 116 Å². The lowest BCUT2D eigenvalue weighted by Gasteiger charge is -2.02. The number of rotatable bonds is 1. The highest BCUT2D eigenvalue weighted by molar-refractivity contribution is 7.45. The van der Waals surface area contributed by atoms with E-state index in [0.717, 1.165) is 0 Å². The number of hydrogen-bond donors (Lipinski definition) is 7. The number of halogens is 1. The van der Waals surface area contributed by atoms with Crippen LogP contribution in [0.4, 0.5) is 11.6 Å². The van der Waals surface area contributed by atoms with Gasteiger partial charge in [0.05, 0.1) is 0 Å². The Hall–Kier alpha value is -1.98. The molecule has 0 bridgehead atoms. The molecular weight excluding hydrogens is 317 g/mol. The Morgan fingerprint density at radius 3 is 2.00 bits per heavy atom. The first-order valence-electron chi connectivity index (χ1n) is 4.42. The fourth-order valence-electron chi connectivity index (χ4n) is 0.769. The first-order chi connectivity index (χ1) is 8.91. The Balaban J connectivity index is 0.000000621. The highest BCUT2D eigenvalue weighted by atomic mass is 35.5. The van der Waals surface area contributed by atoms with Crippen molar-refractivity contribution < 1.29 is 24.0 Å². The average molecular weight is 328 g/mol. The number of carbonyl (C=O) groups excluding carboxylic acids is 1. The number of anilines is 2. The van der Waals surface area contributed by atoms with Gasteiger partial charge >= 0.3 is 13.7 Å². The normalized spacial score (nSPS) is 10.2. The number of amides is 1. The van der Waals surface area contributed by atoms with Gasteiger partial charge in [0.15, 0.2) is 28.4 Å². The van der Waals surface area contributed by atoms with Crippen molar-refractivity contribution >= 4 is 42.9 Å². The molecule has 0 aromatic carbocycles. The molecule has 1 rings (SSSR count). The number of nitrogen functional groups attached to an aromatic ring is 2. The SMILES string of the molecule is NC(N)=NC(=O)c1nc(Cl)c(N)nc1N.O=P(O)(O)O. The third-order valence-corrected chi connectivity index (χ3v) is 1.62. The van der Waals surface area contributed by atoms with Crippen LogP contribution in [0.2, 0.25) is 5.15 Å². The average Bonchev–Trinajstić information content (AvgIpc) is 2.19. The molecule has 0 saturated heterocycles. The molecule has 0 aliphatic rings. The van der Waals surface area contributed by atoms with Gasteiger partial charge in [0, 0.05) is 0 Å². The van der Waals surface area contributed by atoms with Crippen LogP contribution in [-0.4, -0.2) is 36.5 Å². The number of aromatic nitrogens is 2. The number of aliphatic imine (C=N–C) groups is 1. The van der Waals surface area contributed by atoms with Crippen LogP contribution in [-0.2, 0) is 4.57 Å². The Morgan fingerprint density at radius 1 is 1.15 bits per heavy atom. The van der Waals surface area contributed by atoms with Crippen LogP contribution in [0.5, 0.6) is 0 Å². The van der Waals surface area contributed by atoms with E-state index in [-0.39, 0.29) is 22.5 Å². The van der Waals surface area contributed by atoms with E-state index in [1.165, 1.54) is 0 Å². The summed E-state index contributed by atoms with van der Waals surface area (Å²) in [6.07, 6.45) is 0. The first kappa shape index (κ1) is 18.0. The molecule has 1 aromatic heterocycles. The van der Waals surface area contributed by atoms with Gasteiger partial charge in [-0.3, -0.25) is 4.79 Å². The molecule has 14 heteroatoms. The molecule has 1 amide bonds. The Bertz CT molecular complexity index is 575. The van der Waals surface area contributed by atoms with E-state index >= 15 is 0 Å². The molecule has 0 aliphatic heterocycles. The van der Waals surface area contributed by atoms with Gasteiger partial charge in [0.25, 0.3) is 0 Å². The quantitative estimate of drug-likeness (QED) is 0.165. The molecule has 0 unspecified atom stereocenters. The molecule has 0 saturated carbocycles. The molecule has 12 nitrogen and oxygen atoms in total. The van der Waals surface area contributed by atoms with Gasteiger partial charge in [0.1, 0.15) is 0 Å². The summed E-state index contributed by atoms with van der Waals surface area (Å²) in [6, 6.07) is 0. The molecule has 112 valence electrons. The third kappa shape index (κ3) is 7.45. The fourth-order valence-corrected chi connectivity index (χ4v) is 0.896. The van der Waals surface area contributed by atoms with E-state index in [9.17, 15) is 4.79 Å². The van der Waals surface area contributed by atoms with Crippen molar-refractivity contribution in [3.05, 3.63) is 10.8 Å². The predicted molar refractivity (Wildman–Crippen MR) is 70.3 cm³/mol. The van der Waals surface area contributed by atoms with Crippen LogP contribution >= 0.6 is 19.4 Å². The molecule has 0 fully saturated rings. The summed E-state index contributed by atoms with van der Waals surface area (Å²) in [7, 11) is -4.64. The van der Waals surface area contributed by atoms with Crippen molar-refractivity contribution in [3.63, 3.8) is 0 Å². The summed E-state index contributed by atoms with van der Waals surface area (Å²) >= 11 is 5.55. The van der Waals surface area contributed by atoms with Crippen LogP contribution < -0.4 is 22.9 Å². The van der Waals surface area contributed by atoms with Gasteiger partial charge in [-0.25, -0.2) is 14.5 Å². The zero-order chi connectivity index (χ0) is 16.1. The molecule has 1 aromatic rings. The zero-order valence-corrected chi connectivity index (χ0v) is 11.3. The molecule has 0 aliphatic carbocycles. The van der Waals surface area contributed by atoms with E-state index in [1.54, 1.807) is 0 Å². The van der Waals surface area contributed by atoms with Gasteiger partial charge in [-0.05, 0) is 0 Å². The van der Waals surface area contributed by atoms with Crippen molar-refractivity contribution in [3.8, 4) is 0 Å². The van der Waals surface area contributed by atoms with Crippen molar-refractivity contribution in [2.24, 2.45) is 16.5 Å². The molecular formula is C6H11ClN7O5P. The largest absolute Gasteiger partial charge is 0.466 e. The summed E-state index contributed by atoms with van der Waals surface area (Å²) in [5.74, 6) is -1.50.